The Morgan fingerprint density at radius 2 is 2.03 bits per heavy atom. The number of ether oxygens (including phenoxy) is 1. The highest BCUT2D eigenvalue weighted by molar-refractivity contribution is 6.07. The van der Waals surface area contributed by atoms with Gasteiger partial charge in [0.2, 0.25) is 5.88 Å². The second kappa shape index (κ2) is 8.61. The number of aryl methyl sites for hydroxylation is 1. The van der Waals surface area contributed by atoms with E-state index in [1.807, 2.05) is 0 Å². The molecule has 4 heterocycles. The van der Waals surface area contributed by atoms with E-state index < -0.39 is 12.8 Å². The number of carbonyl (C=O) groups excluding carboxylic acids is 1. The van der Waals surface area contributed by atoms with Gasteiger partial charge in [-0.05, 0) is 36.8 Å². The molecular formula is C21H17F3N6O2. The molecule has 0 atom stereocenters. The van der Waals surface area contributed by atoms with Gasteiger partial charge < -0.3 is 10.1 Å². The topological polar surface area (TPSA) is 94.8 Å². The summed E-state index contributed by atoms with van der Waals surface area (Å²) in [4.78, 5) is 24.6. The molecule has 1 N–H and O–H groups in total. The highest BCUT2D eigenvalue weighted by atomic mass is 19.4. The van der Waals surface area contributed by atoms with Crippen LogP contribution in [-0.4, -0.2) is 43.4 Å². The van der Waals surface area contributed by atoms with Gasteiger partial charge in [-0.25, -0.2) is 9.97 Å². The van der Waals surface area contributed by atoms with Crippen molar-refractivity contribution >= 4 is 22.6 Å². The van der Waals surface area contributed by atoms with E-state index in [1.165, 1.54) is 18.6 Å². The van der Waals surface area contributed by atoms with Crippen LogP contribution in [0.5, 0.6) is 5.88 Å². The predicted octanol–water partition coefficient (Wildman–Crippen LogP) is 3.77. The fourth-order valence-corrected chi connectivity index (χ4v) is 3.05. The largest absolute Gasteiger partial charge is 0.468 e. The van der Waals surface area contributed by atoms with Gasteiger partial charge in [-0.1, -0.05) is 0 Å². The second-order valence-corrected chi connectivity index (χ2v) is 6.98. The fourth-order valence-electron chi connectivity index (χ4n) is 3.05. The first-order valence-electron chi connectivity index (χ1n) is 9.47. The number of hydrogen-bond donors (Lipinski definition) is 1. The highest BCUT2D eigenvalue weighted by Crippen LogP contribution is 2.23. The molecule has 0 bridgehead atoms. The monoisotopic (exact) mass is 442 g/mol. The number of anilines is 1. The maximum Gasteiger partial charge on any atom is 0.422 e. The van der Waals surface area contributed by atoms with Crippen LogP contribution in [-0.2, 0) is 6.54 Å². The summed E-state index contributed by atoms with van der Waals surface area (Å²) in [6.07, 6.45) is 3.30. The molecule has 0 aliphatic carbocycles. The van der Waals surface area contributed by atoms with Crippen molar-refractivity contribution in [1.29, 1.82) is 0 Å². The number of nitrogens with one attached hydrogen (secondary N) is 1. The van der Waals surface area contributed by atoms with Gasteiger partial charge in [0.1, 0.15) is 5.82 Å². The summed E-state index contributed by atoms with van der Waals surface area (Å²) >= 11 is 0. The van der Waals surface area contributed by atoms with Crippen LogP contribution in [0.15, 0.2) is 55.2 Å². The smallest absolute Gasteiger partial charge is 0.422 e. The molecule has 164 valence electrons. The first-order chi connectivity index (χ1) is 15.3. The average Bonchev–Trinajstić information content (AvgIpc) is 3.16. The third kappa shape index (κ3) is 4.99. The summed E-state index contributed by atoms with van der Waals surface area (Å²) in [5, 5.41) is 7.87. The summed E-state index contributed by atoms with van der Waals surface area (Å²) in [5.74, 6) is -0.0609. The molecule has 4 aromatic heterocycles. The van der Waals surface area contributed by atoms with Crippen molar-refractivity contribution in [3.05, 3.63) is 71.9 Å². The summed E-state index contributed by atoms with van der Waals surface area (Å²) in [7, 11) is 0. The summed E-state index contributed by atoms with van der Waals surface area (Å²) < 4.78 is 43.4. The summed E-state index contributed by atoms with van der Waals surface area (Å²) in [6, 6.07) is 6.71. The molecule has 4 aromatic rings. The fraction of sp³-hybridized carbons (Fsp3) is 0.190. The van der Waals surface area contributed by atoms with E-state index in [9.17, 15) is 18.0 Å². The van der Waals surface area contributed by atoms with Gasteiger partial charge in [-0.3, -0.25) is 14.5 Å². The number of aromatic nitrogens is 5. The molecule has 11 heteroatoms. The van der Waals surface area contributed by atoms with E-state index in [2.05, 4.69) is 25.4 Å². The van der Waals surface area contributed by atoms with Crippen molar-refractivity contribution < 1.29 is 22.7 Å². The molecule has 0 aliphatic rings. The predicted molar refractivity (Wildman–Crippen MR) is 109 cm³/mol. The number of halogens is 3. The Kier molecular flexibility index (Phi) is 5.71. The molecule has 4 rings (SSSR count). The zero-order valence-electron chi connectivity index (χ0n) is 16.8. The molecule has 0 aliphatic heterocycles. The molecule has 1 amide bonds. The Balaban J connectivity index is 1.52. The van der Waals surface area contributed by atoms with E-state index >= 15 is 0 Å². The van der Waals surface area contributed by atoms with Gasteiger partial charge in [-0.2, -0.15) is 18.3 Å². The van der Waals surface area contributed by atoms with E-state index in [-0.39, 0.29) is 11.8 Å². The number of fused-ring (bicyclic) bond motifs is 1. The van der Waals surface area contributed by atoms with Gasteiger partial charge in [0.15, 0.2) is 6.61 Å². The minimum Gasteiger partial charge on any atom is -0.468 e. The highest BCUT2D eigenvalue weighted by Gasteiger charge is 2.29. The number of alkyl halides is 3. The lowest BCUT2D eigenvalue weighted by Crippen LogP contribution is -2.20. The minimum atomic E-state index is -4.43. The van der Waals surface area contributed by atoms with Crippen LogP contribution in [0, 0.1) is 6.92 Å². The lowest BCUT2D eigenvalue weighted by Gasteiger charge is -2.11. The third-order valence-electron chi connectivity index (χ3n) is 4.44. The quantitative estimate of drug-likeness (QED) is 0.489. The van der Waals surface area contributed by atoms with Crippen LogP contribution in [0.2, 0.25) is 0 Å². The number of amides is 1. The zero-order valence-corrected chi connectivity index (χ0v) is 16.8. The Labute approximate surface area is 180 Å². The Bertz CT molecular complexity index is 1260. The van der Waals surface area contributed by atoms with Crippen molar-refractivity contribution in [3.63, 3.8) is 0 Å². The normalized spacial score (nSPS) is 11.5. The van der Waals surface area contributed by atoms with Crippen molar-refractivity contribution in [2.45, 2.75) is 19.6 Å². The molecular weight excluding hydrogens is 425 g/mol. The zero-order chi connectivity index (χ0) is 22.7. The lowest BCUT2D eigenvalue weighted by molar-refractivity contribution is -0.154. The molecule has 0 aromatic carbocycles. The first-order valence-corrected chi connectivity index (χ1v) is 9.47. The maximum absolute atomic E-state index is 12.4. The molecule has 32 heavy (non-hydrogen) atoms. The molecule has 0 saturated carbocycles. The van der Waals surface area contributed by atoms with E-state index in [4.69, 9.17) is 4.74 Å². The van der Waals surface area contributed by atoms with E-state index in [0.29, 0.717) is 34.4 Å². The standard InChI is InChI=1S/C21H17F3N6O2/c1-13-7-14(8-27-20(13)32-12-21(22,23)24)10-30-11-16-17(29-30)4-6-26-18(16)28-19(31)15-3-2-5-25-9-15/h2-9,11H,10,12H2,1H3,(H,26,28,31). The summed E-state index contributed by atoms with van der Waals surface area (Å²) in [6.45, 7) is 0.543. The minimum absolute atomic E-state index is 0.0682. The van der Waals surface area contributed by atoms with Gasteiger partial charge in [-0.15, -0.1) is 0 Å². The Hall–Kier alpha value is -4.02. The average molecular weight is 442 g/mol. The van der Waals surface area contributed by atoms with E-state index in [0.717, 1.165) is 5.56 Å². The van der Waals surface area contributed by atoms with Crippen LogP contribution in [0.4, 0.5) is 19.0 Å². The number of hydrogen-bond acceptors (Lipinski definition) is 6. The van der Waals surface area contributed by atoms with Crippen molar-refractivity contribution in [2.75, 3.05) is 11.9 Å². The van der Waals surface area contributed by atoms with Gasteiger partial charge in [0, 0.05) is 36.5 Å². The SMILES string of the molecule is Cc1cc(Cn2cc3c(NC(=O)c4cccnc4)nccc3n2)cnc1OCC(F)(F)F. The molecule has 0 saturated heterocycles. The molecule has 8 nitrogen and oxygen atoms in total. The van der Waals surface area contributed by atoms with Crippen molar-refractivity contribution in [1.82, 2.24) is 24.7 Å². The second-order valence-electron chi connectivity index (χ2n) is 6.98. The van der Waals surface area contributed by atoms with E-state index in [1.54, 1.807) is 48.3 Å². The first kappa shape index (κ1) is 21.2. The van der Waals surface area contributed by atoms with Gasteiger partial charge in [0.05, 0.1) is 23.0 Å². The Morgan fingerprint density at radius 3 is 2.75 bits per heavy atom. The third-order valence-corrected chi connectivity index (χ3v) is 4.44. The van der Waals surface area contributed by atoms with Crippen LogP contribution in [0.25, 0.3) is 10.9 Å². The molecule has 0 fully saturated rings. The maximum atomic E-state index is 12.4. The van der Waals surface area contributed by atoms with Crippen LogP contribution in [0.3, 0.4) is 0 Å². The number of nitrogens with zero attached hydrogens (tertiary/aromatic N) is 5. The van der Waals surface area contributed by atoms with Crippen molar-refractivity contribution in [3.8, 4) is 5.88 Å². The molecule has 0 unspecified atom stereocenters. The van der Waals surface area contributed by atoms with Crippen molar-refractivity contribution in [2.24, 2.45) is 0 Å². The Morgan fingerprint density at radius 1 is 1.19 bits per heavy atom. The van der Waals surface area contributed by atoms with Gasteiger partial charge >= 0.3 is 6.18 Å². The number of pyridine rings is 3. The van der Waals surface area contributed by atoms with Crippen LogP contribution >= 0.6 is 0 Å². The van der Waals surface area contributed by atoms with Crippen LogP contribution in [0.1, 0.15) is 21.5 Å². The van der Waals surface area contributed by atoms with Crippen LogP contribution < -0.4 is 10.1 Å². The summed E-state index contributed by atoms with van der Waals surface area (Å²) in [5.41, 5.74) is 2.22. The number of rotatable bonds is 6. The number of carbonyl (C=O) groups is 1. The lowest BCUT2D eigenvalue weighted by atomic mass is 10.2. The molecule has 0 spiro atoms. The van der Waals surface area contributed by atoms with Gasteiger partial charge in [0.25, 0.3) is 5.91 Å². The molecule has 0 radical (unpaired) electrons.